The molecule has 1 aromatic carbocycles. The summed E-state index contributed by atoms with van der Waals surface area (Å²) in [5.74, 6) is -0.950. The number of thiophene rings is 1. The minimum atomic E-state index is -0.950. The van der Waals surface area contributed by atoms with Crippen LogP contribution in [0.3, 0.4) is 0 Å². The molecule has 21 heavy (non-hydrogen) atoms. The van der Waals surface area contributed by atoms with Crippen molar-refractivity contribution in [2.75, 3.05) is 0 Å². The maximum Gasteiger partial charge on any atom is 0.339 e. The van der Waals surface area contributed by atoms with Gasteiger partial charge in [0.2, 0.25) is 0 Å². The first kappa shape index (κ1) is 13.6. The van der Waals surface area contributed by atoms with Crippen molar-refractivity contribution in [2.45, 2.75) is 13.5 Å². The van der Waals surface area contributed by atoms with Crippen molar-refractivity contribution in [3.8, 4) is 10.6 Å². The van der Waals surface area contributed by atoms with E-state index in [1.807, 2.05) is 42.6 Å². The lowest BCUT2D eigenvalue weighted by molar-refractivity contribution is 0.0697. The van der Waals surface area contributed by atoms with E-state index in [9.17, 15) is 9.90 Å². The molecule has 106 valence electrons. The highest BCUT2D eigenvalue weighted by molar-refractivity contribution is 7.13. The van der Waals surface area contributed by atoms with Gasteiger partial charge in [-0.3, -0.25) is 4.68 Å². The van der Waals surface area contributed by atoms with Gasteiger partial charge in [0, 0.05) is 6.20 Å². The number of carboxylic acid groups (broad SMARTS) is 1. The Balaban J connectivity index is 1.97. The van der Waals surface area contributed by atoms with Crippen LogP contribution in [0.25, 0.3) is 10.6 Å². The fraction of sp³-hybridized carbons (Fsp3) is 0.125. The van der Waals surface area contributed by atoms with Crippen LogP contribution in [0.15, 0.2) is 48.0 Å². The molecule has 0 fully saturated rings. The molecule has 2 heterocycles. The van der Waals surface area contributed by atoms with E-state index in [1.165, 1.54) is 16.9 Å². The lowest BCUT2D eigenvalue weighted by Crippen LogP contribution is -2.00. The van der Waals surface area contributed by atoms with Gasteiger partial charge in [-0.15, -0.1) is 11.3 Å². The zero-order valence-electron chi connectivity index (χ0n) is 11.5. The van der Waals surface area contributed by atoms with Gasteiger partial charge in [-0.25, -0.2) is 4.79 Å². The topological polar surface area (TPSA) is 55.1 Å². The van der Waals surface area contributed by atoms with Crippen molar-refractivity contribution in [1.82, 2.24) is 9.78 Å². The third-order valence-electron chi connectivity index (χ3n) is 3.17. The summed E-state index contributed by atoms with van der Waals surface area (Å²) in [7, 11) is 0. The van der Waals surface area contributed by atoms with Gasteiger partial charge in [-0.1, -0.05) is 35.9 Å². The van der Waals surface area contributed by atoms with E-state index in [0.717, 1.165) is 10.4 Å². The molecule has 0 unspecified atom stereocenters. The smallest absolute Gasteiger partial charge is 0.339 e. The molecule has 0 aliphatic rings. The van der Waals surface area contributed by atoms with Crippen molar-refractivity contribution < 1.29 is 9.90 Å². The number of rotatable bonds is 4. The van der Waals surface area contributed by atoms with Crippen LogP contribution >= 0.6 is 11.3 Å². The minimum Gasteiger partial charge on any atom is -0.478 e. The number of nitrogens with zero attached hydrogens (tertiary/aromatic N) is 2. The second kappa shape index (κ2) is 5.54. The Morgan fingerprint density at radius 1 is 1.33 bits per heavy atom. The molecule has 2 aromatic heterocycles. The van der Waals surface area contributed by atoms with Crippen molar-refractivity contribution in [3.05, 3.63) is 64.7 Å². The third-order valence-corrected chi connectivity index (χ3v) is 4.05. The first-order chi connectivity index (χ1) is 10.1. The molecule has 0 aliphatic carbocycles. The van der Waals surface area contributed by atoms with Crippen LogP contribution in [-0.2, 0) is 6.54 Å². The van der Waals surface area contributed by atoms with Gasteiger partial charge in [-0.05, 0) is 23.9 Å². The number of carboxylic acids is 1. The van der Waals surface area contributed by atoms with E-state index < -0.39 is 5.97 Å². The molecule has 3 rings (SSSR count). The molecule has 1 N–H and O–H groups in total. The second-order valence-electron chi connectivity index (χ2n) is 4.86. The second-order valence-corrected chi connectivity index (χ2v) is 5.81. The number of aryl methyl sites for hydroxylation is 1. The van der Waals surface area contributed by atoms with E-state index in [2.05, 4.69) is 11.2 Å². The molecule has 0 atom stereocenters. The quantitative estimate of drug-likeness (QED) is 0.799. The van der Waals surface area contributed by atoms with Crippen LogP contribution in [0.1, 0.15) is 21.5 Å². The van der Waals surface area contributed by atoms with Crippen LogP contribution in [0.2, 0.25) is 0 Å². The molecule has 0 saturated carbocycles. The number of hydrogen-bond acceptors (Lipinski definition) is 3. The van der Waals surface area contributed by atoms with E-state index in [-0.39, 0.29) is 5.56 Å². The van der Waals surface area contributed by atoms with Gasteiger partial charge in [-0.2, -0.15) is 5.10 Å². The van der Waals surface area contributed by atoms with Crippen molar-refractivity contribution in [1.29, 1.82) is 0 Å². The fourth-order valence-electron chi connectivity index (χ4n) is 2.25. The van der Waals surface area contributed by atoms with E-state index in [0.29, 0.717) is 12.2 Å². The van der Waals surface area contributed by atoms with Crippen LogP contribution in [0, 0.1) is 6.92 Å². The third kappa shape index (κ3) is 2.87. The summed E-state index contributed by atoms with van der Waals surface area (Å²) in [5.41, 5.74) is 3.05. The standard InChI is InChI=1S/C16H14N2O2S/c1-11-4-2-5-12(8-11)9-18-10-13(16(19)20)15(17-18)14-6-3-7-21-14/h2-8,10H,9H2,1H3,(H,19,20). The SMILES string of the molecule is Cc1cccc(Cn2cc(C(=O)O)c(-c3cccs3)n2)c1. The lowest BCUT2D eigenvalue weighted by atomic mass is 10.1. The largest absolute Gasteiger partial charge is 0.478 e. The Hall–Kier alpha value is -2.40. The molecule has 0 radical (unpaired) electrons. The summed E-state index contributed by atoms with van der Waals surface area (Å²) in [6.45, 7) is 2.60. The number of hydrogen-bond donors (Lipinski definition) is 1. The van der Waals surface area contributed by atoms with Crippen LogP contribution in [0.4, 0.5) is 0 Å². The highest BCUT2D eigenvalue weighted by atomic mass is 32.1. The van der Waals surface area contributed by atoms with Crippen molar-refractivity contribution in [2.24, 2.45) is 0 Å². The van der Waals surface area contributed by atoms with Gasteiger partial charge >= 0.3 is 5.97 Å². The highest BCUT2D eigenvalue weighted by Crippen LogP contribution is 2.26. The van der Waals surface area contributed by atoms with Crippen LogP contribution < -0.4 is 0 Å². The fourth-order valence-corrected chi connectivity index (χ4v) is 2.98. The first-order valence-corrected chi connectivity index (χ1v) is 7.41. The monoisotopic (exact) mass is 298 g/mol. The maximum atomic E-state index is 11.4. The average molecular weight is 298 g/mol. The molecular formula is C16H14N2O2S. The summed E-state index contributed by atoms with van der Waals surface area (Å²) in [6, 6.07) is 11.9. The molecule has 5 heteroatoms. The predicted octanol–water partition coefficient (Wildman–Crippen LogP) is 3.67. The molecule has 0 saturated heterocycles. The molecular weight excluding hydrogens is 284 g/mol. The highest BCUT2D eigenvalue weighted by Gasteiger charge is 2.17. The van der Waals surface area contributed by atoms with E-state index in [4.69, 9.17) is 0 Å². The Bertz CT molecular complexity index is 775. The predicted molar refractivity (Wildman–Crippen MR) is 82.8 cm³/mol. The van der Waals surface area contributed by atoms with Gasteiger partial charge in [0.25, 0.3) is 0 Å². The van der Waals surface area contributed by atoms with Gasteiger partial charge in [0.1, 0.15) is 11.3 Å². The minimum absolute atomic E-state index is 0.241. The van der Waals surface area contributed by atoms with Crippen LogP contribution in [-0.4, -0.2) is 20.9 Å². The molecule has 3 aromatic rings. The van der Waals surface area contributed by atoms with Crippen molar-refractivity contribution >= 4 is 17.3 Å². The Labute approximate surface area is 126 Å². The number of aromatic carboxylic acids is 1. The summed E-state index contributed by atoms with van der Waals surface area (Å²) in [6.07, 6.45) is 1.60. The first-order valence-electron chi connectivity index (χ1n) is 6.53. The normalized spacial score (nSPS) is 10.7. The van der Waals surface area contributed by atoms with E-state index in [1.54, 1.807) is 10.9 Å². The van der Waals surface area contributed by atoms with E-state index >= 15 is 0 Å². The van der Waals surface area contributed by atoms with Crippen LogP contribution in [0.5, 0.6) is 0 Å². The molecule has 0 spiro atoms. The summed E-state index contributed by atoms with van der Waals surface area (Å²) < 4.78 is 1.69. The molecule has 0 aliphatic heterocycles. The maximum absolute atomic E-state index is 11.4. The lowest BCUT2D eigenvalue weighted by Gasteiger charge is -2.02. The number of carbonyl (C=O) groups is 1. The zero-order chi connectivity index (χ0) is 14.8. The Morgan fingerprint density at radius 3 is 2.86 bits per heavy atom. The zero-order valence-corrected chi connectivity index (χ0v) is 12.3. The van der Waals surface area contributed by atoms with Gasteiger partial charge in [0.15, 0.2) is 0 Å². The summed E-state index contributed by atoms with van der Waals surface area (Å²) >= 11 is 1.49. The molecule has 0 bridgehead atoms. The summed E-state index contributed by atoms with van der Waals surface area (Å²) in [4.78, 5) is 12.3. The van der Waals surface area contributed by atoms with Crippen molar-refractivity contribution in [3.63, 3.8) is 0 Å². The van der Waals surface area contributed by atoms with Gasteiger partial charge in [0.05, 0.1) is 11.4 Å². The average Bonchev–Trinajstić information content (AvgIpc) is 3.06. The summed E-state index contributed by atoms with van der Waals surface area (Å²) in [5, 5.41) is 15.7. The Morgan fingerprint density at radius 2 is 2.19 bits per heavy atom. The number of aromatic nitrogens is 2. The number of benzene rings is 1. The molecule has 4 nitrogen and oxygen atoms in total. The molecule has 0 amide bonds. The Kier molecular flexibility index (Phi) is 3.58. The van der Waals surface area contributed by atoms with Gasteiger partial charge < -0.3 is 5.11 Å².